The van der Waals surface area contributed by atoms with E-state index in [0.29, 0.717) is 6.04 Å². The molecule has 13 heavy (non-hydrogen) atoms. The van der Waals surface area contributed by atoms with Gasteiger partial charge in [0.25, 0.3) is 0 Å². The van der Waals surface area contributed by atoms with E-state index >= 15 is 0 Å². The zero-order valence-corrected chi connectivity index (χ0v) is 10.3. The highest BCUT2D eigenvalue weighted by atomic mass is 35.5. The van der Waals surface area contributed by atoms with Crippen LogP contribution in [0.4, 0.5) is 0 Å². The van der Waals surface area contributed by atoms with E-state index in [1.54, 1.807) is 0 Å². The molecule has 0 aliphatic rings. The van der Waals surface area contributed by atoms with Gasteiger partial charge in [-0.05, 0) is 32.7 Å². The molecule has 0 rings (SSSR count). The van der Waals surface area contributed by atoms with E-state index in [9.17, 15) is 0 Å². The summed E-state index contributed by atoms with van der Waals surface area (Å²) in [5.74, 6) is 1.58. The SMILES string of the molecule is CCC(C)CN(CCCCl)C(C)C. The van der Waals surface area contributed by atoms with E-state index in [-0.39, 0.29) is 0 Å². The summed E-state index contributed by atoms with van der Waals surface area (Å²) in [5, 5.41) is 0. The third-order valence-electron chi connectivity index (χ3n) is 2.55. The van der Waals surface area contributed by atoms with Crippen molar-refractivity contribution in [2.75, 3.05) is 19.0 Å². The molecule has 2 heteroatoms. The molecule has 0 aromatic rings. The van der Waals surface area contributed by atoms with Crippen molar-refractivity contribution in [3.8, 4) is 0 Å². The zero-order valence-electron chi connectivity index (χ0n) is 9.52. The van der Waals surface area contributed by atoms with Crippen LogP contribution in [0.5, 0.6) is 0 Å². The lowest BCUT2D eigenvalue weighted by Crippen LogP contribution is -2.35. The predicted octanol–water partition coefficient (Wildman–Crippen LogP) is 3.37. The van der Waals surface area contributed by atoms with Gasteiger partial charge in [-0.25, -0.2) is 0 Å². The summed E-state index contributed by atoms with van der Waals surface area (Å²) in [5.41, 5.74) is 0. The number of hydrogen-bond acceptors (Lipinski definition) is 1. The van der Waals surface area contributed by atoms with E-state index in [2.05, 4.69) is 32.6 Å². The third kappa shape index (κ3) is 6.34. The van der Waals surface area contributed by atoms with Crippen LogP contribution in [0, 0.1) is 5.92 Å². The van der Waals surface area contributed by atoms with Crippen molar-refractivity contribution in [1.82, 2.24) is 4.90 Å². The molecule has 0 fully saturated rings. The van der Waals surface area contributed by atoms with Gasteiger partial charge in [0, 0.05) is 18.5 Å². The Labute approximate surface area is 88.5 Å². The molecule has 0 spiro atoms. The quantitative estimate of drug-likeness (QED) is 0.577. The molecular weight excluding hydrogens is 182 g/mol. The summed E-state index contributed by atoms with van der Waals surface area (Å²) in [6.45, 7) is 11.4. The van der Waals surface area contributed by atoms with Gasteiger partial charge in [-0.1, -0.05) is 20.3 Å². The summed E-state index contributed by atoms with van der Waals surface area (Å²) < 4.78 is 0. The van der Waals surface area contributed by atoms with Crippen LogP contribution in [-0.2, 0) is 0 Å². The molecule has 80 valence electrons. The average molecular weight is 206 g/mol. The Morgan fingerprint density at radius 3 is 2.23 bits per heavy atom. The lowest BCUT2D eigenvalue weighted by Gasteiger charge is -2.28. The fourth-order valence-electron chi connectivity index (χ4n) is 1.35. The predicted molar refractivity (Wildman–Crippen MR) is 61.5 cm³/mol. The molecule has 0 aromatic carbocycles. The van der Waals surface area contributed by atoms with Crippen molar-refractivity contribution in [3.63, 3.8) is 0 Å². The molecule has 0 amide bonds. The molecular formula is C11H24ClN. The molecule has 1 atom stereocenters. The minimum absolute atomic E-state index is 0.650. The Balaban J connectivity index is 3.79. The first kappa shape index (κ1) is 13.2. The fraction of sp³-hybridized carbons (Fsp3) is 1.00. The van der Waals surface area contributed by atoms with Crippen molar-refractivity contribution in [1.29, 1.82) is 0 Å². The standard InChI is InChI=1S/C11H24ClN/c1-5-11(4)9-13(10(2)3)8-6-7-12/h10-11H,5-9H2,1-4H3. The van der Waals surface area contributed by atoms with Crippen LogP contribution >= 0.6 is 11.6 Å². The van der Waals surface area contributed by atoms with E-state index in [1.807, 2.05) is 0 Å². The van der Waals surface area contributed by atoms with Crippen molar-refractivity contribution >= 4 is 11.6 Å². The first-order valence-corrected chi connectivity index (χ1v) is 5.95. The molecule has 0 saturated heterocycles. The van der Waals surface area contributed by atoms with Gasteiger partial charge in [0.2, 0.25) is 0 Å². The second-order valence-electron chi connectivity index (χ2n) is 4.14. The molecule has 1 unspecified atom stereocenters. The number of alkyl halides is 1. The molecule has 0 aromatic heterocycles. The van der Waals surface area contributed by atoms with Crippen LogP contribution in [0.25, 0.3) is 0 Å². The van der Waals surface area contributed by atoms with E-state index in [0.717, 1.165) is 24.8 Å². The number of hydrogen-bond donors (Lipinski definition) is 0. The van der Waals surface area contributed by atoms with Crippen molar-refractivity contribution in [2.24, 2.45) is 5.92 Å². The maximum absolute atomic E-state index is 5.69. The van der Waals surface area contributed by atoms with Crippen LogP contribution < -0.4 is 0 Å². The molecule has 0 heterocycles. The molecule has 0 bridgehead atoms. The molecule has 0 aliphatic carbocycles. The van der Waals surface area contributed by atoms with Gasteiger partial charge in [-0.15, -0.1) is 11.6 Å². The second-order valence-corrected chi connectivity index (χ2v) is 4.52. The van der Waals surface area contributed by atoms with Crippen LogP contribution in [0.2, 0.25) is 0 Å². The molecule has 1 nitrogen and oxygen atoms in total. The Morgan fingerprint density at radius 2 is 1.85 bits per heavy atom. The Kier molecular flexibility index (Phi) is 7.78. The van der Waals surface area contributed by atoms with Crippen molar-refractivity contribution < 1.29 is 0 Å². The van der Waals surface area contributed by atoms with Crippen LogP contribution in [0.15, 0.2) is 0 Å². The normalized spacial score (nSPS) is 14.1. The summed E-state index contributed by atoms with van der Waals surface area (Å²) in [7, 11) is 0. The summed E-state index contributed by atoms with van der Waals surface area (Å²) in [6, 6.07) is 0.650. The average Bonchev–Trinajstić information content (AvgIpc) is 2.11. The Hall–Kier alpha value is 0.250. The third-order valence-corrected chi connectivity index (χ3v) is 2.82. The molecule has 0 aliphatic heterocycles. The Morgan fingerprint density at radius 1 is 1.23 bits per heavy atom. The van der Waals surface area contributed by atoms with E-state index in [4.69, 9.17) is 11.6 Å². The van der Waals surface area contributed by atoms with Crippen LogP contribution in [0.3, 0.4) is 0 Å². The Bertz CT molecular complexity index is 115. The topological polar surface area (TPSA) is 3.24 Å². The van der Waals surface area contributed by atoms with Gasteiger partial charge in [-0.3, -0.25) is 0 Å². The summed E-state index contributed by atoms with van der Waals surface area (Å²) in [6.07, 6.45) is 2.38. The number of rotatable bonds is 7. The monoisotopic (exact) mass is 205 g/mol. The largest absolute Gasteiger partial charge is 0.301 e. The summed E-state index contributed by atoms with van der Waals surface area (Å²) >= 11 is 5.69. The minimum atomic E-state index is 0.650. The fourth-order valence-corrected chi connectivity index (χ4v) is 1.47. The highest BCUT2D eigenvalue weighted by Gasteiger charge is 2.11. The van der Waals surface area contributed by atoms with Gasteiger partial charge in [0.1, 0.15) is 0 Å². The van der Waals surface area contributed by atoms with E-state index in [1.165, 1.54) is 13.0 Å². The van der Waals surface area contributed by atoms with Crippen LogP contribution in [0.1, 0.15) is 40.5 Å². The number of nitrogens with zero attached hydrogens (tertiary/aromatic N) is 1. The summed E-state index contributed by atoms with van der Waals surface area (Å²) in [4.78, 5) is 2.52. The maximum Gasteiger partial charge on any atom is 0.0235 e. The van der Waals surface area contributed by atoms with Crippen LogP contribution in [-0.4, -0.2) is 29.9 Å². The highest BCUT2D eigenvalue weighted by molar-refractivity contribution is 6.17. The lowest BCUT2D eigenvalue weighted by molar-refractivity contribution is 0.191. The van der Waals surface area contributed by atoms with Crippen molar-refractivity contribution in [3.05, 3.63) is 0 Å². The first-order valence-electron chi connectivity index (χ1n) is 5.41. The van der Waals surface area contributed by atoms with E-state index < -0.39 is 0 Å². The first-order chi connectivity index (χ1) is 6.11. The minimum Gasteiger partial charge on any atom is -0.301 e. The molecule has 0 N–H and O–H groups in total. The van der Waals surface area contributed by atoms with Gasteiger partial charge in [0.15, 0.2) is 0 Å². The van der Waals surface area contributed by atoms with Gasteiger partial charge >= 0.3 is 0 Å². The smallest absolute Gasteiger partial charge is 0.0235 e. The van der Waals surface area contributed by atoms with Crippen molar-refractivity contribution in [2.45, 2.75) is 46.6 Å². The van der Waals surface area contributed by atoms with Gasteiger partial charge in [-0.2, -0.15) is 0 Å². The maximum atomic E-state index is 5.69. The lowest BCUT2D eigenvalue weighted by atomic mass is 10.1. The van der Waals surface area contributed by atoms with Gasteiger partial charge in [0.05, 0.1) is 0 Å². The second kappa shape index (κ2) is 7.64. The molecule has 0 radical (unpaired) electrons. The highest BCUT2D eigenvalue weighted by Crippen LogP contribution is 2.08. The van der Waals surface area contributed by atoms with Gasteiger partial charge < -0.3 is 4.90 Å². The zero-order chi connectivity index (χ0) is 10.3. The number of halogens is 1. The molecule has 0 saturated carbocycles.